The van der Waals surface area contributed by atoms with Gasteiger partial charge in [0, 0.05) is 16.4 Å². The van der Waals surface area contributed by atoms with Crippen LogP contribution in [0.3, 0.4) is 0 Å². The molecule has 2 nitrogen and oxygen atoms in total. The molecule has 3 aromatic rings. The molecule has 2 aromatic heterocycles. The number of halogens is 1. The zero-order valence-electron chi connectivity index (χ0n) is 9.58. The van der Waals surface area contributed by atoms with Crippen LogP contribution < -0.4 is 0 Å². The largest absolute Gasteiger partial charge is 0.295 e. The van der Waals surface area contributed by atoms with Gasteiger partial charge in [0.1, 0.15) is 0 Å². The number of benzene rings is 1. The Labute approximate surface area is 118 Å². The van der Waals surface area contributed by atoms with Gasteiger partial charge in [0.2, 0.25) is 0 Å². The Hall–Kier alpha value is -1.26. The van der Waals surface area contributed by atoms with E-state index in [2.05, 4.69) is 55.6 Å². The standard InChI is InChI=1S/C14H11BrN2S/c15-12-6-4-11(5-7-12)10-18-14-16-9-13-3-1-2-8-17(13)14/h1-9H,10H2. The molecular formula is C14H11BrN2S. The van der Waals surface area contributed by atoms with Gasteiger partial charge in [-0.25, -0.2) is 4.98 Å². The number of pyridine rings is 1. The lowest BCUT2D eigenvalue weighted by Crippen LogP contribution is -1.87. The number of hydrogen-bond acceptors (Lipinski definition) is 2. The molecule has 0 aliphatic heterocycles. The van der Waals surface area contributed by atoms with Crippen LogP contribution in [0.1, 0.15) is 5.56 Å². The molecule has 4 heteroatoms. The second kappa shape index (κ2) is 5.16. The summed E-state index contributed by atoms with van der Waals surface area (Å²) in [6.07, 6.45) is 3.95. The van der Waals surface area contributed by atoms with Crippen LogP contribution in [0.2, 0.25) is 0 Å². The topological polar surface area (TPSA) is 17.3 Å². The van der Waals surface area contributed by atoms with Crippen LogP contribution >= 0.6 is 27.7 Å². The maximum absolute atomic E-state index is 4.44. The fourth-order valence-electron chi connectivity index (χ4n) is 1.75. The van der Waals surface area contributed by atoms with Gasteiger partial charge in [0.15, 0.2) is 5.16 Å². The molecule has 0 saturated carbocycles. The second-order valence-electron chi connectivity index (χ2n) is 3.95. The first-order valence-electron chi connectivity index (χ1n) is 5.62. The molecule has 0 radical (unpaired) electrons. The molecule has 18 heavy (non-hydrogen) atoms. The van der Waals surface area contributed by atoms with E-state index in [0.717, 1.165) is 20.9 Å². The summed E-state index contributed by atoms with van der Waals surface area (Å²) in [5.74, 6) is 0.932. The fraction of sp³-hybridized carbons (Fsp3) is 0.0714. The Kier molecular flexibility index (Phi) is 3.39. The molecule has 0 fully saturated rings. The highest BCUT2D eigenvalue weighted by Crippen LogP contribution is 2.23. The smallest absolute Gasteiger partial charge is 0.172 e. The average Bonchev–Trinajstić information content (AvgIpc) is 2.82. The Balaban J connectivity index is 1.79. The molecule has 0 aliphatic carbocycles. The Morgan fingerprint density at radius 3 is 2.78 bits per heavy atom. The van der Waals surface area contributed by atoms with E-state index < -0.39 is 0 Å². The van der Waals surface area contributed by atoms with E-state index in [9.17, 15) is 0 Å². The SMILES string of the molecule is Brc1ccc(CSc2ncc3ccccn23)cc1. The summed E-state index contributed by atoms with van der Waals surface area (Å²) in [6, 6.07) is 14.5. The third kappa shape index (κ3) is 2.44. The summed E-state index contributed by atoms with van der Waals surface area (Å²) in [7, 11) is 0. The molecule has 0 unspecified atom stereocenters. The fourth-order valence-corrected chi connectivity index (χ4v) is 2.94. The van der Waals surface area contributed by atoms with Crippen molar-refractivity contribution in [2.75, 3.05) is 0 Å². The number of rotatable bonds is 3. The van der Waals surface area contributed by atoms with Crippen LogP contribution in [-0.4, -0.2) is 9.38 Å². The highest BCUT2D eigenvalue weighted by atomic mass is 79.9. The lowest BCUT2D eigenvalue weighted by atomic mass is 10.2. The van der Waals surface area contributed by atoms with Crippen molar-refractivity contribution in [2.45, 2.75) is 10.9 Å². The molecule has 2 heterocycles. The molecule has 0 atom stereocenters. The predicted molar refractivity (Wildman–Crippen MR) is 78.9 cm³/mol. The van der Waals surface area contributed by atoms with E-state index >= 15 is 0 Å². The van der Waals surface area contributed by atoms with Gasteiger partial charge in [-0.05, 0) is 29.8 Å². The molecule has 0 saturated heterocycles. The molecular weight excluding hydrogens is 308 g/mol. The second-order valence-corrected chi connectivity index (χ2v) is 5.81. The van der Waals surface area contributed by atoms with Crippen molar-refractivity contribution in [3.05, 3.63) is 64.9 Å². The normalized spacial score (nSPS) is 10.9. The monoisotopic (exact) mass is 318 g/mol. The molecule has 1 aromatic carbocycles. The highest BCUT2D eigenvalue weighted by Gasteiger charge is 2.03. The number of nitrogens with zero attached hydrogens (tertiary/aromatic N) is 2. The summed E-state index contributed by atoms with van der Waals surface area (Å²) >= 11 is 5.20. The predicted octanol–water partition coefficient (Wildman–Crippen LogP) is 4.39. The Bertz CT molecular complexity index is 661. The number of aromatic nitrogens is 2. The zero-order valence-corrected chi connectivity index (χ0v) is 12.0. The zero-order chi connectivity index (χ0) is 12.4. The first-order chi connectivity index (χ1) is 8.83. The number of imidazole rings is 1. The van der Waals surface area contributed by atoms with E-state index in [1.807, 2.05) is 24.5 Å². The minimum Gasteiger partial charge on any atom is -0.295 e. The molecule has 0 bridgehead atoms. The minimum atomic E-state index is 0.932. The average molecular weight is 319 g/mol. The van der Waals surface area contributed by atoms with Crippen LogP contribution in [0.25, 0.3) is 5.52 Å². The van der Waals surface area contributed by atoms with Crippen molar-refractivity contribution in [2.24, 2.45) is 0 Å². The van der Waals surface area contributed by atoms with Gasteiger partial charge in [-0.1, -0.05) is 45.9 Å². The van der Waals surface area contributed by atoms with Crippen LogP contribution in [0, 0.1) is 0 Å². The molecule has 0 spiro atoms. The van der Waals surface area contributed by atoms with Crippen LogP contribution in [0.5, 0.6) is 0 Å². The van der Waals surface area contributed by atoms with Crippen LogP contribution in [0.4, 0.5) is 0 Å². The van der Waals surface area contributed by atoms with E-state index in [1.165, 1.54) is 5.56 Å². The van der Waals surface area contributed by atoms with Crippen molar-refractivity contribution < 1.29 is 0 Å². The van der Waals surface area contributed by atoms with Gasteiger partial charge in [-0.2, -0.15) is 0 Å². The Morgan fingerprint density at radius 2 is 1.94 bits per heavy atom. The lowest BCUT2D eigenvalue weighted by Gasteiger charge is -2.02. The summed E-state index contributed by atoms with van der Waals surface area (Å²) in [5.41, 5.74) is 2.44. The summed E-state index contributed by atoms with van der Waals surface area (Å²) in [4.78, 5) is 4.44. The molecule has 3 rings (SSSR count). The van der Waals surface area contributed by atoms with Gasteiger partial charge in [0.05, 0.1) is 11.7 Å². The van der Waals surface area contributed by atoms with E-state index in [-0.39, 0.29) is 0 Å². The van der Waals surface area contributed by atoms with Crippen molar-refractivity contribution >= 4 is 33.2 Å². The molecule has 90 valence electrons. The Morgan fingerprint density at radius 1 is 1.11 bits per heavy atom. The van der Waals surface area contributed by atoms with E-state index in [0.29, 0.717) is 0 Å². The van der Waals surface area contributed by atoms with Gasteiger partial charge >= 0.3 is 0 Å². The highest BCUT2D eigenvalue weighted by molar-refractivity contribution is 9.10. The van der Waals surface area contributed by atoms with Gasteiger partial charge < -0.3 is 0 Å². The minimum absolute atomic E-state index is 0.932. The van der Waals surface area contributed by atoms with Crippen molar-refractivity contribution in [1.29, 1.82) is 0 Å². The van der Waals surface area contributed by atoms with E-state index in [1.54, 1.807) is 11.8 Å². The summed E-state index contributed by atoms with van der Waals surface area (Å²) < 4.78 is 3.23. The number of hydrogen-bond donors (Lipinski definition) is 0. The third-order valence-corrected chi connectivity index (χ3v) is 4.25. The molecule has 0 N–H and O–H groups in total. The third-order valence-electron chi connectivity index (χ3n) is 2.69. The number of thioether (sulfide) groups is 1. The molecule has 0 aliphatic rings. The van der Waals surface area contributed by atoms with Gasteiger partial charge in [-0.15, -0.1) is 0 Å². The van der Waals surface area contributed by atoms with Crippen LogP contribution in [0.15, 0.2) is 64.5 Å². The lowest BCUT2D eigenvalue weighted by molar-refractivity contribution is 0.957. The van der Waals surface area contributed by atoms with Gasteiger partial charge in [-0.3, -0.25) is 4.40 Å². The quantitative estimate of drug-likeness (QED) is 0.666. The maximum atomic E-state index is 4.44. The van der Waals surface area contributed by atoms with Crippen LogP contribution in [-0.2, 0) is 5.75 Å². The van der Waals surface area contributed by atoms with Crippen molar-refractivity contribution in [3.63, 3.8) is 0 Å². The first kappa shape index (κ1) is 11.8. The van der Waals surface area contributed by atoms with Crippen molar-refractivity contribution in [3.8, 4) is 0 Å². The van der Waals surface area contributed by atoms with Gasteiger partial charge in [0.25, 0.3) is 0 Å². The molecule has 0 amide bonds. The van der Waals surface area contributed by atoms with Crippen molar-refractivity contribution in [1.82, 2.24) is 9.38 Å². The van der Waals surface area contributed by atoms with E-state index in [4.69, 9.17) is 0 Å². The summed E-state index contributed by atoms with van der Waals surface area (Å²) in [5, 5.41) is 1.04. The first-order valence-corrected chi connectivity index (χ1v) is 7.40. The summed E-state index contributed by atoms with van der Waals surface area (Å²) in [6.45, 7) is 0. The number of fused-ring (bicyclic) bond motifs is 1. The maximum Gasteiger partial charge on any atom is 0.172 e.